The number of hydrogen-bond acceptors (Lipinski definition) is 4. The van der Waals surface area contributed by atoms with Gasteiger partial charge in [-0.25, -0.2) is 4.98 Å². The molecule has 0 saturated heterocycles. The van der Waals surface area contributed by atoms with Crippen LogP contribution in [0.5, 0.6) is 0 Å². The molecule has 0 aliphatic carbocycles. The molecule has 0 spiro atoms. The molecule has 0 aliphatic heterocycles. The van der Waals surface area contributed by atoms with Crippen LogP contribution in [-0.2, 0) is 6.54 Å². The molecular formula is C15H16N4. The van der Waals surface area contributed by atoms with Gasteiger partial charge in [0.15, 0.2) is 0 Å². The van der Waals surface area contributed by atoms with Gasteiger partial charge in [-0.1, -0.05) is 18.2 Å². The van der Waals surface area contributed by atoms with Crippen molar-refractivity contribution in [3.63, 3.8) is 0 Å². The quantitative estimate of drug-likeness (QED) is 0.849. The van der Waals surface area contributed by atoms with Gasteiger partial charge >= 0.3 is 0 Å². The summed E-state index contributed by atoms with van der Waals surface area (Å²) < 4.78 is 0. The number of rotatable bonds is 4. The largest absolute Gasteiger partial charge is 0.399 e. The second-order valence-electron chi connectivity index (χ2n) is 4.25. The Bertz CT molecular complexity index is 584. The van der Waals surface area contributed by atoms with Crippen molar-refractivity contribution in [3.8, 4) is 6.07 Å². The lowest BCUT2D eigenvalue weighted by atomic mass is 10.2. The fraction of sp³-hybridized carbons (Fsp3) is 0.200. The van der Waals surface area contributed by atoms with Gasteiger partial charge in [-0.3, -0.25) is 0 Å². The van der Waals surface area contributed by atoms with Crippen molar-refractivity contribution >= 4 is 11.5 Å². The van der Waals surface area contributed by atoms with Crippen molar-refractivity contribution in [1.29, 1.82) is 5.26 Å². The van der Waals surface area contributed by atoms with E-state index in [4.69, 9.17) is 11.0 Å². The van der Waals surface area contributed by atoms with Crippen molar-refractivity contribution in [1.82, 2.24) is 4.98 Å². The minimum atomic E-state index is 0.438. The number of nitriles is 1. The summed E-state index contributed by atoms with van der Waals surface area (Å²) in [5.74, 6) is 0.818. The number of nitrogens with two attached hydrogens (primary N) is 1. The molecule has 0 fully saturated rings. The van der Waals surface area contributed by atoms with E-state index in [1.807, 2.05) is 36.4 Å². The average molecular weight is 252 g/mol. The molecule has 0 bridgehead atoms. The second kappa shape index (κ2) is 5.87. The molecule has 19 heavy (non-hydrogen) atoms. The molecule has 96 valence electrons. The number of hydrogen-bond donors (Lipinski definition) is 1. The van der Waals surface area contributed by atoms with Crippen LogP contribution in [0.3, 0.4) is 0 Å². The summed E-state index contributed by atoms with van der Waals surface area (Å²) in [6.07, 6.45) is 0. The zero-order valence-corrected chi connectivity index (χ0v) is 10.9. The van der Waals surface area contributed by atoms with Crippen LogP contribution in [0.1, 0.15) is 18.2 Å². The van der Waals surface area contributed by atoms with Gasteiger partial charge in [-0.2, -0.15) is 5.26 Å². The van der Waals surface area contributed by atoms with E-state index in [1.54, 1.807) is 6.07 Å². The normalized spacial score (nSPS) is 9.89. The van der Waals surface area contributed by atoms with E-state index in [0.717, 1.165) is 24.6 Å². The maximum Gasteiger partial charge on any atom is 0.142 e. The Kier molecular flexibility index (Phi) is 3.99. The van der Waals surface area contributed by atoms with Gasteiger partial charge < -0.3 is 10.6 Å². The van der Waals surface area contributed by atoms with Gasteiger partial charge in [-0.15, -0.1) is 0 Å². The van der Waals surface area contributed by atoms with E-state index < -0.39 is 0 Å². The van der Waals surface area contributed by atoms with Crippen LogP contribution in [0.25, 0.3) is 0 Å². The van der Waals surface area contributed by atoms with E-state index in [0.29, 0.717) is 5.69 Å². The summed E-state index contributed by atoms with van der Waals surface area (Å²) in [6, 6.07) is 15.3. The molecule has 1 aromatic heterocycles. The fourth-order valence-corrected chi connectivity index (χ4v) is 1.86. The van der Waals surface area contributed by atoms with Crippen LogP contribution >= 0.6 is 0 Å². The summed E-state index contributed by atoms with van der Waals surface area (Å²) in [7, 11) is 0. The molecule has 0 unspecified atom stereocenters. The monoisotopic (exact) mass is 252 g/mol. The van der Waals surface area contributed by atoms with Crippen molar-refractivity contribution in [2.24, 2.45) is 0 Å². The van der Waals surface area contributed by atoms with Crippen molar-refractivity contribution in [3.05, 3.63) is 53.7 Å². The maximum atomic E-state index is 8.89. The Morgan fingerprint density at radius 2 is 1.95 bits per heavy atom. The first-order valence-corrected chi connectivity index (χ1v) is 6.19. The molecule has 2 rings (SSSR count). The summed E-state index contributed by atoms with van der Waals surface area (Å²) in [6.45, 7) is 3.64. The molecule has 4 nitrogen and oxygen atoms in total. The SMILES string of the molecule is CCN(Cc1ccc(N)cc1)c1cccc(C#N)n1. The molecule has 0 saturated carbocycles. The molecular weight excluding hydrogens is 236 g/mol. The Balaban J connectivity index is 2.20. The van der Waals surface area contributed by atoms with E-state index in [9.17, 15) is 0 Å². The molecule has 0 amide bonds. The number of benzene rings is 1. The number of nitrogen functional groups attached to an aromatic ring is 1. The van der Waals surface area contributed by atoms with Crippen LogP contribution in [0.15, 0.2) is 42.5 Å². The predicted octanol–water partition coefficient (Wildman–Crippen LogP) is 2.56. The van der Waals surface area contributed by atoms with Crippen LogP contribution in [0.4, 0.5) is 11.5 Å². The summed E-state index contributed by atoms with van der Waals surface area (Å²) >= 11 is 0. The minimum Gasteiger partial charge on any atom is -0.399 e. The third-order valence-electron chi connectivity index (χ3n) is 2.91. The molecule has 2 aromatic rings. The number of nitrogens with zero attached hydrogens (tertiary/aromatic N) is 3. The standard InChI is InChI=1S/C15H16N4/c1-2-19(11-12-6-8-13(17)9-7-12)15-5-3-4-14(10-16)18-15/h3-9H,2,11,17H2,1H3. The van der Waals surface area contributed by atoms with E-state index in [-0.39, 0.29) is 0 Å². The lowest BCUT2D eigenvalue weighted by molar-refractivity contribution is 0.813. The molecule has 2 N–H and O–H groups in total. The highest BCUT2D eigenvalue weighted by Crippen LogP contribution is 2.15. The maximum absolute atomic E-state index is 8.89. The molecule has 1 aromatic carbocycles. The van der Waals surface area contributed by atoms with Crippen LogP contribution in [0, 0.1) is 11.3 Å². The first-order valence-electron chi connectivity index (χ1n) is 6.19. The van der Waals surface area contributed by atoms with Gasteiger partial charge in [0.1, 0.15) is 17.6 Å². The molecule has 0 radical (unpaired) electrons. The minimum absolute atomic E-state index is 0.438. The molecule has 4 heteroatoms. The highest BCUT2D eigenvalue weighted by atomic mass is 15.2. The van der Waals surface area contributed by atoms with E-state index in [2.05, 4.69) is 22.9 Å². The first-order chi connectivity index (χ1) is 9.22. The van der Waals surface area contributed by atoms with E-state index in [1.165, 1.54) is 5.56 Å². The van der Waals surface area contributed by atoms with Crippen LogP contribution in [-0.4, -0.2) is 11.5 Å². The summed E-state index contributed by atoms with van der Waals surface area (Å²) in [4.78, 5) is 6.43. The Morgan fingerprint density at radius 3 is 2.58 bits per heavy atom. The van der Waals surface area contributed by atoms with Crippen molar-refractivity contribution < 1.29 is 0 Å². The molecule has 0 aliphatic rings. The Labute approximate surface area is 113 Å². The highest BCUT2D eigenvalue weighted by Gasteiger charge is 2.07. The fourth-order valence-electron chi connectivity index (χ4n) is 1.86. The van der Waals surface area contributed by atoms with Gasteiger partial charge in [0, 0.05) is 18.8 Å². The van der Waals surface area contributed by atoms with Gasteiger partial charge in [0.2, 0.25) is 0 Å². The van der Waals surface area contributed by atoms with Gasteiger partial charge in [0.25, 0.3) is 0 Å². The van der Waals surface area contributed by atoms with Gasteiger partial charge in [0.05, 0.1) is 0 Å². The van der Waals surface area contributed by atoms with Gasteiger partial charge in [-0.05, 0) is 36.8 Å². The second-order valence-corrected chi connectivity index (χ2v) is 4.25. The zero-order chi connectivity index (χ0) is 13.7. The van der Waals surface area contributed by atoms with Crippen molar-refractivity contribution in [2.75, 3.05) is 17.2 Å². The topological polar surface area (TPSA) is 65.9 Å². The van der Waals surface area contributed by atoms with Crippen LogP contribution < -0.4 is 10.6 Å². The first kappa shape index (κ1) is 12.9. The number of anilines is 2. The summed E-state index contributed by atoms with van der Waals surface area (Å²) in [5.41, 5.74) is 8.04. The number of pyridine rings is 1. The smallest absolute Gasteiger partial charge is 0.142 e. The predicted molar refractivity (Wildman–Crippen MR) is 76.5 cm³/mol. The lowest BCUT2D eigenvalue weighted by Crippen LogP contribution is -2.23. The summed E-state index contributed by atoms with van der Waals surface area (Å²) in [5, 5.41) is 8.89. The molecule has 0 atom stereocenters. The highest BCUT2D eigenvalue weighted by molar-refractivity contribution is 5.44. The average Bonchev–Trinajstić information content (AvgIpc) is 2.46. The van der Waals surface area contributed by atoms with Crippen LogP contribution in [0.2, 0.25) is 0 Å². The zero-order valence-electron chi connectivity index (χ0n) is 10.9. The Hall–Kier alpha value is -2.54. The lowest BCUT2D eigenvalue weighted by Gasteiger charge is -2.22. The van der Waals surface area contributed by atoms with E-state index >= 15 is 0 Å². The molecule has 1 heterocycles. The number of aromatic nitrogens is 1. The third kappa shape index (κ3) is 3.23. The van der Waals surface area contributed by atoms with Crippen molar-refractivity contribution in [2.45, 2.75) is 13.5 Å². The third-order valence-corrected chi connectivity index (χ3v) is 2.91. The Morgan fingerprint density at radius 1 is 1.21 bits per heavy atom.